The van der Waals surface area contributed by atoms with Gasteiger partial charge in [-0.25, -0.2) is 4.99 Å². The second kappa shape index (κ2) is 9.46. The highest BCUT2D eigenvalue weighted by molar-refractivity contribution is 5.77. The van der Waals surface area contributed by atoms with Crippen LogP contribution in [0, 0.1) is 0 Å². The number of ether oxygens (including phenoxy) is 1. The van der Waals surface area contributed by atoms with E-state index in [9.17, 15) is 0 Å². The normalized spacial score (nSPS) is 19.2. The number of rotatable bonds is 10. The van der Waals surface area contributed by atoms with Crippen molar-refractivity contribution in [2.45, 2.75) is 77.4 Å². The Kier molecular flexibility index (Phi) is 8.06. The largest absolute Gasteiger partial charge is 0.476 e. The van der Waals surface area contributed by atoms with Crippen LogP contribution < -0.4 is 0 Å². The van der Waals surface area contributed by atoms with E-state index in [2.05, 4.69) is 11.9 Å². The molecule has 0 bridgehead atoms. The SMILES string of the molecule is CCCCCCCCCCCC1=NC(O)CO1. The fourth-order valence-electron chi connectivity index (χ4n) is 2.14. The summed E-state index contributed by atoms with van der Waals surface area (Å²) < 4.78 is 5.24. The van der Waals surface area contributed by atoms with E-state index in [4.69, 9.17) is 9.84 Å². The summed E-state index contributed by atoms with van der Waals surface area (Å²) in [5.41, 5.74) is 0. The van der Waals surface area contributed by atoms with Crippen molar-refractivity contribution >= 4 is 5.90 Å². The molecule has 3 nitrogen and oxygen atoms in total. The van der Waals surface area contributed by atoms with E-state index in [1.165, 1.54) is 51.4 Å². The molecule has 3 heteroatoms. The maximum atomic E-state index is 9.13. The predicted octanol–water partition coefficient (Wildman–Crippen LogP) is 3.65. The first kappa shape index (κ1) is 14.5. The summed E-state index contributed by atoms with van der Waals surface area (Å²) in [6.07, 6.45) is 12.3. The summed E-state index contributed by atoms with van der Waals surface area (Å²) in [5, 5.41) is 9.13. The summed E-state index contributed by atoms with van der Waals surface area (Å²) in [4.78, 5) is 4.01. The van der Waals surface area contributed by atoms with Crippen molar-refractivity contribution in [1.82, 2.24) is 0 Å². The number of unbranched alkanes of at least 4 members (excludes halogenated alkanes) is 8. The molecule has 0 aromatic heterocycles. The van der Waals surface area contributed by atoms with Crippen LogP contribution in [0.4, 0.5) is 0 Å². The minimum absolute atomic E-state index is 0.354. The number of aliphatic imine (C=N–C) groups is 1. The molecule has 1 unspecified atom stereocenters. The van der Waals surface area contributed by atoms with Gasteiger partial charge in [0.2, 0.25) is 0 Å². The molecule has 1 atom stereocenters. The molecule has 0 aliphatic carbocycles. The van der Waals surface area contributed by atoms with Crippen LogP contribution in [0.1, 0.15) is 71.1 Å². The molecule has 1 heterocycles. The summed E-state index contributed by atoms with van der Waals surface area (Å²) in [7, 11) is 0. The first-order chi connectivity index (χ1) is 8.33. The van der Waals surface area contributed by atoms with Crippen molar-refractivity contribution in [2.24, 2.45) is 4.99 Å². The maximum absolute atomic E-state index is 9.13. The summed E-state index contributed by atoms with van der Waals surface area (Å²) in [6, 6.07) is 0. The molecule has 17 heavy (non-hydrogen) atoms. The van der Waals surface area contributed by atoms with Gasteiger partial charge in [-0.2, -0.15) is 0 Å². The van der Waals surface area contributed by atoms with E-state index in [1.54, 1.807) is 0 Å². The van der Waals surface area contributed by atoms with Crippen LogP contribution in [0.25, 0.3) is 0 Å². The van der Waals surface area contributed by atoms with Crippen LogP contribution >= 0.6 is 0 Å². The van der Waals surface area contributed by atoms with Gasteiger partial charge in [0.15, 0.2) is 12.1 Å². The number of hydrogen-bond acceptors (Lipinski definition) is 3. The van der Waals surface area contributed by atoms with E-state index in [0.29, 0.717) is 6.61 Å². The molecule has 0 aromatic carbocycles. The molecule has 0 radical (unpaired) electrons. The second-order valence-corrected chi connectivity index (χ2v) is 4.89. The molecule has 1 rings (SSSR count). The Morgan fingerprint density at radius 3 is 2.18 bits per heavy atom. The average Bonchev–Trinajstić information content (AvgIpc) is 2.73. The second-order valence-electron chi connectivity index (χ2n) is 4.89. The highest BCUT2D eigenvalue weighted by Gasteiger charge is 2.14. The lowest BCUT2D eigenvalue weighted by atomic mass is 10.1. The zero-order valence-electron chi connectivity index (χ0n) is 11.2. The average molecular weight is 241 g/mol. The fourth-order valence-corrected chi connectivity index (χ4v) is 2.14. The number of nitrogens with zero attached hydrogens (tertiary/aromatic N) is 1. The smallest absolute Gasteiger partial charge is 0.186 e. The highest BCUT2D eigenvalue weighted by Crippen LogP contribution is 2.12. The Morgan fingerprint density at radius 2 is 1.65 bits per heavy atom. The maximum Gasteiger partial charge on any atom is 0.186 e. The Labute approximate surface area is 105 Å². The summed E-state index contributed by atoms with van der Waals surface area (Å²) in [6.45, 7) is 2.61. The molecule has 0 aromatic rings. The number of hydrogen-bond donors (Lipinski definition) is 1. The van der Waals surface area contributed by atoms with Crippen LogP contribution in [0.2, 0.25) is 0 Å². The van der Waals surface area contributed by atoms with Gasteiger partial charge in [-0.15, -0.1) is 0 Å². The lowest BCUT2D eigenvalue weighted by Gasteiger charge is -2.02. The molecule has 0 amide bonds. The summed E-state index contributed by atoms with van der Waals surface area (Å²) >= 11 is 0. The van der Waals surface area contributed by atoms with Gasteiger partial charge < -0.3 is 9.84 Å². The first-order valence-corrected chi connectivity index (χ1v) is 7.20. The zero-order valence-corrected chi connectivity index (χ0v) is 11.2. The molecular weight excluding hydrogens is 214 g/mol. The number of aliphatic hydroxyl groups excluding tert-OH is 1. The van der Waals surface area contributed by atoms with Crippen LogP contribution in [0.3, 0.4) is 0 Å². The molecule has 0 saturated heterocycles. The fraction of sp³-hybridized carbons (Fsp3) is 0.929. The minimum atomic E-state index is -0.608. The molecule has 0 spiro atoms. The van der Waals surface area contributed by atoms with Gasteiger partial charge in [0.05, 0.1) is 0 Å². The van der Waals surface area contributed by atoms with Crippen molar-refractivity contribution in [2.75, 3.05) is 6.61 Å². The quantitative estimate of drug-likeness (QED) is 0.593. The van der Waals surface area contributed by atoms with Crippen molar-refractivity contribution in [1.29, 1.82) is 0 Å². The van der Waals surface area contributed by atoms with Crippen molar-refractivity contribution < 1.29 is 9.84 Å². The minimum Gasteiger partial charge on any atom is -0.476 e. The van der Waals surface area contributed by atoms with Crippen molar-refractivity contribution in [3.63, 3.8) is 0 Å². The molecule has 1 aliphatic rings. The van der Waals surface area contributed by atoms with Gasteiger partial charge in [-0.3, -0.25) is 0 Å². The van der Waals surface area contributed by atoms with Gasteiger partial charge in [0.1, 0.15) is 6.61 Å². The first-order valence-electron chi connectivity index (χ1n) is 7.20. The Morgan fingerprint density at radius 1 is 1.06 bits per heavy atom. The van der Waals surface area contributed by atoms with Crippen LogP contribution in [0.5, 0.6) is 0 Å². The van der Waals surface area contributed by atoms with Gasteiger partial charge in [0, 0.05) is 6.42 Å². The van der Waals surface area contributed by atoms with E-state index in [0.717, 1.165) is 18.7 Å². The lowest BCUT2D eigenvalue weighted by Crippen LogP contribution is -2.03. The number of aliphatic hydroxyl groups is 1. The van der Waals surface area contributed by atoms with Crippen molar-refractivity contribution in [3.8, 4) is 0 Å². The van der Waals surface area contributed by atoms with Gasteiger partial charge >= 0.3 is 0 Å². The molecule has 0 saturated carbocycles. The standard InChI is InChI=1S/C14H27NO2/c1-2-3-4-5-6-7-8-9-10-11-14-15-13(16)12-17-14/h13,16H,2-12H2,1H3. The molecule has 1 aliphatic heterocycles. The van der Waals surface area contributed by atoms with Crippen LogP contribution in [-0.4, -0.2) is 23.8 Å². The van der Waals surface area contributed by atoms with E-state index >= 15 is 0 Å². The van der Waals surface area contributed by atoms with Crippen molar-refractivity contribution in [3.05, 3.63) is 0 Å². The highest BCUT2D eigenvalue weighted by atomic mass is 16.5. The van der Waals surface area contributed by atoms with Gasteiger partial charge in [-0.1, -0.05) is 58.3 Å². The third-order valence-electron chi connectivity index (χ3n) is 3.19. The third-order valence-corrected chi connectivity index (χ3v) is 3.19. The molecule has 100 valence electrons. The molecule has 0 fully saturated rings. The zero-order chi connectivity index (χ0) is 12.3. The van der Waals surface area contributed by atoms with Gasteiger partial charge in [-0.05, 0) is 6.42 Å². The van der Waals surface area contributed by atoms with E-state index in [-0.39, 0.29) is 0 Å². The summed E-state index contributed by atoms with van der Waals surface area (Å²) in [5.74, 6) is 0.750. The predicted molar refractivity (Wildman–Crippen MR) is 71.2 cm³/mol. The van der Waals surface area contributed by atoms with E-state index in [1.807, 2.05) is 0 Å². The van der Waals surface area contributed by atoms with E-state index < -0.39 is 6.23 Å². The van der Waals surface area contributed by atoms with Crippen LogP contribution in [0.15, 0.2) is 4.99 Å². The molecular formula is C14H27NO2. The molecule has 1 N–H and O–H groups in total. The topological polar surface area (TPSA) is 41.8 Å². The Balaban J connectivity index is 1.80. The Bertz CT molecular complexity index is 216. The third kappa shape index (κ3) is 7.37. The van der Waals surface area contributed by atoms with Crippen LogP contribution in [-0.2, 0) is 4.74 Å². The lowest BCUT2D eigenvalue weighted by molar-refractivity contribution is 0.138. The Hall–Kier alpha value is -0.570. The monoisotopic (exact) mass is 241 g/mol. The van der Waals surface area contributed by atoms with Gasteiger partial charge in [0.25, 0.3) is 0 Å².